The Morgan fingerprint density at radius 3 is 2.50 bits per heavy atom. The number of likely N-dealkylation sites (N-methyl/N-ethyl adjacent to an activating group) is 1. The van der Waals surface area contributed by atoms with Gasteiger partial charge in [0.05, 0.1) is 12.7 Å². The summed E-state index contributed by atoms with van der Waals surface area (Å²) in [4.78, 5) is 6.66. The van der Waals surface area contributed by atoms with Crippen LogP contribution < -0.4 is 5.73 Å². The molecule has 3 N–H and O–H groups in total. The van der Waals surface area contributed by atoms with Crippen LogP contribution in [0.15, 0.2) is 35.5 Å². The van der Waals surface area contributed by atoms with Gasteiger partial charge in [-0.15, -0.1) is 0 Å². The molecule has 1 aromatic carbocycles. The fraction of sp³-hybridized carbons (Fsp3) is 0.231. The van der Waals surface area contributed by atoms with Crippen molar-refractivity contribution in [3.05, 3.63) is 36.0 Å². The molecule has 0 radical (unpaired) electrons. The molecule has 0 spiro atoms. The lowest BCUT2D eigenvalue weighted by atomic mass is 10.1. The third-order valence-electron chi connectivity index (χ3n) is 3.18. The van der Waals surface area contributed by atoms with Crippen molar-refractivity contribution in [2.24, 2.45) is 4.99 Å². The number of anilines is 1. The van der Waals surface area contributed by atoms with Gasteiger partial charge in [-0.2, -0.15) is 5.10 Å². The maximum Gasteiger partial charge on any atom is 0.130 e. The van der Waals surface area contributed by atoms with Gasteiger partial charge < -0.3 is 10.6 Å². The summed E-state index contributed by atoms with van der Waals surface area (Å²) >= 11 is 0. The van der Waals surface area contributed by atoms with Crippen LogP contribution in [0, 0.1) is 0 Å². The molecule has 0 aliphatic carbocycles. The first-order valence-corrected chi connectivity index (χ1v) is 5.91. The number of H-pyrrole nitrogens is 1. The Morgan fingerprint density at radius 1 is 1.22 bits per heavy atom. The lowest BCUT2D eigenvalue weighted by molar-refractivity contribution is 0.557. The van der Waals surface area contributed by atoms with Crippen LogP contribution in [0.4, 0.5) is 5.82 Å². The topological polar surface area (TPSA) is 70.3 Å². The lowest BCUT2D eigenvalue weighted by Crippen LogP contribution is -2.23. The van der Waals surface area contributed by atoms with E-state index in [1.807, 2.05) is 12.1 Å². The van der Waals surface area contributed by atoms with Crippen molar-refractivity contribution in [3.8, 4) is 11.1 Å². The van der Waals surface area contributed by atoms with Crippen LogP contribution in [0.1, 0.15) is 5.56 Å². The van der Waals surface area contributed by atoms with Gasteiger partial charge in [-0.25, -0.2) is 0 Å². The van der Waals surface area contributed by atoms with E-state index in [1.165, 1.54) is 0 Å². The summed E-state index contributed by atoms with van der Waals surface area (Å²) in [7, 11) is 2.06. The second kappa shape index (κ2) is 4.18. The minimum Gasteiger partial charge on any atom is -0.384 e. The Labute approximate surface area is 105 Å². The molecule has 2 aromatic rings. The number of hydrogen-bond acceptors (Lipinski definition) is 4. The summed E-state index contributed by atoms with van der Waals surface area (Å²) in [6.45, 7) is 1.87. The molecular weight excluding hydrogens is 226 g/mol. The molecule has 5 heteroatoms. The fourth-order valence-corrected chi connectivity index (χ4v) is 2.17. The van der Waals surface area contributed by atoms with E-state index in [4.69, 9.17) is 5.73 Å². The normalized spacial score (nSPS) is 14.9. The van der Waals surface area contributed by atoms with E-state index in [-0.39, 0.29) is 0 Å². The lowest BCUT2D eigenvalue weighted by Gasteiger charge is -2.13. The minimum atomic E-state index is 0.595. The maximum atomic E-state index is 5.80. The fourth-order valence-electron chi connectivity index (χ4n) is 2.17. The Bertz CT molecular complexity index is 582. The zero-order valence-corrected chi connectivity index (χ0v) is 10.2. The molecule has 2 heterocycles. The molecule has 0 amide bonds. The molecule has 3 rings (SSSR count). The van der Waals surface area contributed by atoms with Crippen LogP contribution in [0.2, 0.25) is 0 Å². The van der Waals surface area contributed by atoms with Gasteiger partial charge in [0.2, 0.25) is 0 Å². The summed E-state index contributed by atoms with van der Waals surface area (Å²) in [6.07, 6.45) is 1.74. The molecule has 1 aromatic heterocycles. The standard InChI is InChI=1S/C13H15N5/c1-18-7-6-15-13(18)10-4-2-9(3-5-10)11-8-16-17-12(11)14/h2-5,8H,6-7H2,1H3,(H3,14,16,17). The van der Waals surface area contributed by atoms with Crippen LogP contribution in [0.25, 0.3) is 11.1 Å². The Balaban J connectivity index is 1.92. The number of hydrogen-bond donors (Lipinski definition) is 2. The predicted molar refractivity (Wildman–Crippen MR) is 72.5 cm³/mol. The first kappa shape index (κ1) is 10.8. The van der Waals surface area contributed by atoms with Crippen LogP contribution >= 0.6 is 0 Å². The number of amidine groups is 1. The molecule has 0 atom stereocenters. The van der Waals surface area contributed by atoms with Crippen molar-refractivity contribution in [2.45, 2.75) is 0 Å². The number of aromatic amines is 1. The van der Waals surface area contributed by atoms with Crippen LogP contribution in [-0.4, -0.2) is 41.1 Å². The summed E-state index contributed by atoms with van der Waals surface area (Å²) in [5.41, 5.74) is 8.94. The number of rotatable bonds is 2. The van der Waals surface area contributed by atoms with Crippen molar-refractivity contribution in [1.29, 1.82) is 0 Å². The van der Waals surface area contributed by atoms with Gasteiger partial charge in [0.1, 0.15) is 11.7 Å². The van der Waals surface area contributed by atoms with Crippen molar-refractivity contribution in [3.63, 3.8) is 0 Å². The Hall–Kier alpha value is -2.30. The molecule has 92 valence electrons. The SMILES string of the molecule is CN1CCN=C1c1ccc(-c2cn[nH]c2N)cc1. The van der Waals surface area contributed by atoms with Crippen molar-refractivity contribution < 1.29 is 0 Å². The number of benzene rings is 1. The highest BCUT2D eigenvalue weighted by atomic mass is 15.2. The molecule has 1 aliphatic heterocycles. The first-order valence-electron chi connectivity index (χ1n) is 5.91. The van der Waals surface area contributed by atoms with E-state index < -0.39 is 0 Å². The number of nitrogens with two attached hydrogens (primary N) is 1. The van der Waals surface area contributed by atoms with Crippen molar-refractivity contribution >= 4 is 11.7 Å². The number of nitrogens with one attached hydrogen (secondary N) is 1. The van der Waals surface area contributed by atoms with Gasteiger partial charge in [0.15, 0.2) is 0 Å². The van der Waals surface area contributed by atoms with Gasteiger partial charge in [0, 0.05) is 24.7 Å². The average molecular weight is 241 g/mol. The van der Waals surface area contributed by atoms with Gasteiger partial charge in [0.25, 0.3) is 0 Å². The molecule has 18 heavy (non-hydrogen) atoms. The smallest absolute Gasteiger partial charge is 0.130 e. The molecule has 5 nitrogen and oxygen atoms in total. The predicted octanol–water partition coefficient (Wildman–Crippen LogP) is 1.35. The largest absolute Gasteiger partial charge is 0.384 e. The average Bonchev–Trinajstić information content (AvgIpc) is 2.98. The van der Waals surface area contributed by atoms with E-state index in [0.717, 1.165) is 35.6 Å². The van der Waals surface area contributed by atoms with Crippen LogP contribution in [-0.2, 0) is 0 Å². The minimum absolute atomic E-state index is 0.595. The van der Waals surface area contributed by atoms with Crippen molar-refractivity contribution in [2.75, 3.05) is 25.9 Å². The van der Waals surface area contributed by atoms with E-state index in [0.29, 0.717) is 5.82 Å². The van der Waals surface area contributed by atoms with E-state index >= 15 is 0 Å². The first-order chi connectivity index (χ1) is 8.75. The van der Waals surface area contributed by atoms with Crippen LogP contribution in [0.5, 0.6) is 0 Å². The quantitative estimate of drug-likeness (QED) is 0.833. The van der Waals surface area contributed by atoms with Gasteiger partial charge in [-0.3, -0.25) is 10.1 Å². The molecule has 0 saturated heterocycles. The van der Waals surface area contributed by atoms with Crippen molar-refractivity contribution in [1.82, 2.24) is 15.1 Å². The monoisotopic (exact) mass is 241 g/mol. The highest BCUT2D eigenvalue weighted by molar-refractivity contribution is 6.00. The zero-order valence-electron chi connectivity index (χ0n) is 10.2. The summed E-state index contributed by atoms with van der Waals surface area (Å²) in [5, 5.41) is 6.67. The van der Waals surface area contributed by atoms with Gasteiger partial charge in [-0.1, -0.05) is 24.3 Å². The third-order valence-corrected chi connectivity index (χ3v) is 3.18. The molecular formula is C13H15N5. The highest BCUT2D eigenvalue weighted by Crippen LogP contribution is 2.24. The number of aromatic nitrogens is 2. The zero-order chi connectivity index (χ0) is 12.5. The van der Waals surface area contributed by atoms with Gasteiger partial charge in [-0.05, 0) is 5.56 Å². The third kappa shape index (κ3) is 1.73. The molecule has 0 unspecified atom stereocenters. The van der Waals surface area contributed by atoms with E-state index in [1.54, 1.807) is 6.20 Å². The van der Waals surface area contributed by atoms with E-state index in [9.17, 15) is 0 Å². The molecule has 1 aliphatic rings. The number of nitrogen functional groups attached to an aromatic ring is 1. The summed E-state index contributed by atoms with van der Waals surface area (Å²) in [5.74, 6) is 1.65. The number of aliphatic imine (C=N–C) groups is 1. The van der Waals surface area contributed by atoms with E-state index in [2.05, 4.69) is 39.3 Å². The maximum absolute atomic E-state index is 5.80. The second-order valence-corrected chi connectivity index (χ2v) is 4.40. The number of nitrogens with zero attached hydrogens (tertiary/aromatic N) is 3. The Morgan fingerprint density at radius 2 is 1.94 bits per heavy atom. The van der Waals surface area contributed by atoms with Crippen LogP contribution in [0.3, 0.4) is 0 Å². The Kier molecular flexibility index (Phi) is 2.51. The summed E-state index contributed by atoms with van der Waals surface area (Å²) in [6, 6.07) is 8.24. The second-order valence-electron chi connectivity index (χ2n) is 4.40. The molecule has 0 fully saturated rings. The molecule has 0 bridgehead atoms. The summed E-state index contributed by atoms with van der Waals surface area (Å²) < 4.78 is 0. The van der Waals surface area contributed by atoms with Gasteiger partial charge >= 0.3 is 0 Å². The highest BCUT2D eigenvalue weighted by Gasteiger charge is 2.14. The molecule has 0 saturated carbocycles.